The van der Waals surface area contributed by atoms with Gasteiger partial charge in [0, 0.05) is 48.9 Å². The maximum Gasteiger partial charge on any atom is 0.259 e. The fourth-order valence-corrected chi connectivity index (χ4v) is 11.4. The van der Waals surface area contributed by atoms with Crippen molar-refractivity contribution in [3.63, 3.8) is 0 Å². The number of nitrogens with zero attached hydrogens (tertiary/aromatic N) is 6. The van der Waals surface area contributed by atoms with E-state index in [1.54, 1.807) is 18.5 Å². The Hall–Kier alpha value is -4.54. The lowest BCUT2D eigenvalue weighted by molar-refractivity contribution is -0.0927. The summed E-state index contributed by atoms with van der Waals surface area (Å²) in [6.07, 6.45) is 0.142. The van der Waals surface area contributed by atoms with Gasteiger partial charge in [-0.1, -0.05) is 129 Å². The van der Waals surface area contributed by atoms with Crippen LogP contribution in [-0.4, -0.2) is 82.0 Å². The van der Waals surface area contributed by atoms with Gasteiger partial charge in [-0.3, -0.25) is 9.36 Å². The van der Waals surface area contributed by atoms with Crippen LogP contribution in [0.3, 0.4) is 0 Å². The Bertz CT molecular complexity index is 2700. The molecule has 2 aromatic heterocycles. The molecule has 1 N–H and O–H groups in total. The van der Waals surface area contributed by atoms with E-state index in [9.17, 15) is 10.1 Å². The average Bonchev–Trinajstić information content (AvgIpc) is 3.91. The molecule has 2 unspecified atom stereocenters. The highest BCUT2D eigenvalue weighted by atomic mass is 33.1. The van der Waals surface area contributed by atoms with E-state index in [1.165, 1.54) is 6.33 Å². The minimum Gasteiger partial charge on any atom is -0.408 e. The van der Waals surface area contributed by atoms with Crippen LogP contribution in [0, 0.1) is 25.2 Å². The van der Waals surface area contributed by atoms with E-state index in [1.807, 2.05) is 41.0 Å². The number of carbonyl (C=O) groups is 1. The van der Waals surface area contributed by atoms with E-state index >= 15 is 0 Å². The Kier molecular flexibility index (Phi) is 19.6. The molecule has 0 saturated carbocycles. The smallest absolute Gasteiger partial charge is 0.259 e. The number of nitrogens with one attached hydrogen (secondary N) is 1. The average molecular weight is 1050 g/mol. The summed E-state index contributed by atoms with van der Waals surface area (Å²) >= 11 is 8.25. The molecule has 4 aromatic carbocycles. The highest BCUT2D eigenvalue weighted by molar-refractivity contribution is 8.37. The van der Waals surface area contributed by atoms with Crippen LogP contribution >= 0.6 is 8.53 Å². The molecule has 1 aliphatic rings. The first-order valence-electron chi connectivity index (χ1n) is 23.7. The molecule has 0 aliphatic carbocycles. The van der Waals surface area contributed by atoms with Crippen LogP contribution in [0.1, 0.15) is 99.3 Å². The largest absolute Gasteiger partial charge is 0.408 e. The summed E-state index contributed by atoms with van der Waals surface area (Å²) in [6, 6.07) is 38.6. The van der Waals surface area contributed by atoms with Gasteiger partial charge in [-0.25, -0.2) is 19.6 Å². The zero-order valence-electron chi connectivity index (χ0n) is 42.4. The quantitative estimate of drug-likeness (QED) is 0.0356. The van der Waals surface area contributed by atoms with Gasteiger partial charge in [-0.2, -0.15) is 5.26 Å². The molecule has 1 aliphatic heterocycles. The number of carbonyl (C=O) groups excluding carboxylic acids is 1. The van der Waals surface area contributed by atoms with Gasteiger partial charge >= 0.3 is 0 Å². The van der Waals surface area contributed by atoms with Crippen molar-refractivity contribution in [3.05, 3.63) is 155 Å². The van der Waals surface area contributed by atoms with Crippen molar-refractivity contribution in [1.29, 1.82) is 5.26 Å². The number of aryl methyl sites for hydroxylation is 2. The number of hydrogen-bond donors (Lipinski definition) is 1. The first kappa shape index (κ1) is 55.8. The third kappa shape index (κ3) is 13.2. The number of benzene rings is 4. The van der Waals surface area contributed by atoms with Crippen LogP contribution in [0.5, 0.6) is 0 Å². The first-order chi connectivity index (χ1) is 33.9. The van der Waals surface area contributed by atoms with E-state index in [2.05, 4.69) is 179 Å². The van der Waals surface area contributed by atoms with Gasteiger partial charge in [-0.15, -0.1) is 0 Å². The molecule has 18 heteroatoms. The normalized spacial score (nSPS) is 17.8. The van der Waals surface area contributed by atoms with E-state index in [-0.39, 0.29) is 48.5 Å². The number of rotatable bonds is 19. The molecule has 1 amide bonds. The molecule has 0 spiro atoms. The highest BCUT2D eigenvalue weighted by Gasteiger charge is 2.54. The standard InChI is InChI=1S/C53H66N7O6PSi.S3/c1-36(2)60(37(3)4)67(63-32-18-31-54)65-47-46(66-68(10,11)52(7,8)9)44(64-51(47)59-35-57-45-48(55-34-56-49(45)59)58-50(61)40-19-14-12-15-20-40)33-62-53(41-21-16-13-17-22-41,42-27-23-38(5)24-28-42)43-29-25-39(6)26-30-43;1-3-2/h12-17,19-30,34-37,44,46-47,51H,18,32-33H2,1-11H3,(H,55,56,58,61);/t44-,46?,47+,51-,67?;/m1./s1. The minimum atomic E-state index is -2.62. The number of ether oxygens (including phenoxy) is 2. The van der Waals surface area contributed by atoms with Crippen molar-refractivity contribution >= 4 is 71.0 Å². The lowest BCUT2D eigenvalue weighted by Crippen LogP contribution is -2.51. The number of hydrogen-bond acceptors (Lipinski definition) is 13. The summed E-state index contributed by atoms with van der Waals surface area (Å²) in [7, 11) is -3.50. The lowest BCUT2D eigenvalue weighted by Gasteiger charge is -2.43. The Morgan fingerprint density at radius 3 is 1.94 bits per heavy atom. The maximum atomic E-state index is 13.5. The third-order valence-corrected chi connectivity index (χ3v) is 19.5. The molecule has 1 fully saturated rings. The second-order valence-corrected chi connectivity index (χ2v) is 27.5. The summed E-state index contributed by atoms with van der Waals surface area (Å²) < 4.78 is 40.6. The van der Waals surface area contributed by atoms with Crippen LogP contribution in [0.2, 0.25) is 18.1 Å². The molecule has 6 aromatic rings. The third-order valence-electron chi connectivity index (χ3n) is 12.9. The predicted molar refractivity (Wildman–Crippen MR) is 293 cm³/mol. The second-order valence-electron chi connectivity index (χ2n) is 19.5. The zero-order chi connectivity index (χ0) is 51.5. The van der Waals surface area contributed by atoms with Crippen LogP contribution in [0.25, 0.3) is 11.2 Å². The Labute approximate surface area is 434 Å². The van der Waals surface area contributed by atoms with Gasteiger partial charge in [-0.05, 0) is 88.5 Å². The number of amides is 1. The van der Waals surface area contributed by atoms with E-state index < -0.39 is 47.0 Å². The topological polar surface area (TPSA) is 146 Å². The number of aromatic nitrogens is 4. The van der Waals surface area contributed by atoms with Crippen LogP contribution in [0.4, 0.5) is 5.82 Å². The number of nitriles is 1. The van der Waals surface area contributed by atoms with E-state index in [4.69, 9.17) is 32.9 Å². The van der Waals surface area contributed by atoms with Gasteiger partial charge in [0.05, 0.1) is 32.0 Å². The Morgan fingerprint density at radius 1 is 0.859 bits per heavy atom. The first-order valence-corrected chi connectivity index (χ1v) is 30.4. The fraction of sp³-hybridized carbons (Fsp3) is 0.415. The van der Waals surface area contributed by atoms with Gasteiger partial charge < -0.3 is 28.3 Å². The van der Waals surface area contributed by atoms with Gasteiger partial charge in [0.25, 0.3) is 14.4 Å². The summed E-state index contributed by atoms with van der Waals surface area (Å²) in [4.78, 5) is 27.5. The molecule has 0 radical (unpaired) electrons. The summed E-state index contributed by atoms with van der Waals surface area (Å²) in [5, 5.41) is 12.4. The van der Waals surface area contributed by atoms with Crippen molar-refractivity contribution in [2.45, 2.75) is 129 Å². The molecule has 1 saturated heterocycles. The van der Waals surface area contributed by atoms with Crippen LogP contribution < -0.4 is 5.32 Å². The summed E-state index contributed by atoms with van der Waals surface area (Å²) in [5.74, 6) is -0.0751. The maximum absolute atomic E-state index is 13.5. The molecular weight excluding hydrogens is 986 g/mol. The van der Waals surface area contributed by atoms with Crippen LogP contribution in [-0.2, 0) is 59.8 Å². The van der Waals surface area contributed by atoms with Crippen molar-refractivity contribution in [2.24, 2.45) is 0 Å². The Morgan fingerprint density at radius 2 is 1.41 bits per heavy atom. The van der Waals surface area contributed by atoms with Crippen molar-refractivity contribution in [1.82, 2.24) is 24.2 Å². The molecule has 7 rings (SSSR count). The summed E-state index contributed by atoms with van der Waals surface area (Å²) in [5.41, 5.74) is 5.36. The molecule has 13 nitrogen and oxygen atoms in total. The summed E-state index contributed by atoms with van der Waals surface area (Å²) in [6.45, 7) is 24.0. The van der Waals surface area contributed by atoms with E-state index in [0.717, 1.165) is 36.7 Å². The zero-order valence-corrected chi connectivity index (χ0v) is 46.8. The number of imidazole rings is 1. The number of anilines is 1. The van der Waals surface area contributed by atoms with Gasteiger partial charge in [0.1, 0.15) is 30.2 Å². The number of fused-ring (bicyclic) bond motifs is 1. The highest BCUT2D eigenvalue weighted by Crippen LogP contribution is 2.53. The van der Waals surface area contributed by atoms with Gasteiger partial charge in [0.2, 0.25) is 0 Å². The van der Waals surface area contributed by atoms with Crippen molar-refractivity contribution < 1.29 is 27.7 Å². The van der Waals surface area contributed by atoms with E-state index in [0.29, 0.717) is 16.7 Å². The predicted octanol–water partition coefficient (Wildman–Crippen LogP) is 11.6. The lowest BCUT2D eigenvalue weighted by atomic mass is 9.79. The molecule has 5 atom stereocenters. The molecule has 0 bridgehead atoms. The molecule has 3 heterocycles. The molecule has 71 heavy (non-hydrogen) atoms. The minimum absolute atomic E-state index is 0.0240. The molecular formula is C53H66N7O6PS3Si. The van der Waals surface area contributed by atoms with Crippen LogP contribution in [0.15, 0.2) is 122 Å². The Balaban J connectivity index is 0.00000268. The van der Waals surface area contributed by atoms with Crippen molar-refractivity contribution in [2.75, 3.05) is 18.5 Å². The fourth-order valence-electron chi connectivity index (χ4n) is 8.34. The van der Waals surface area contributed by atoms with Gasteiger partial charge in [0.15, 0.2) is 31.5 Å². The SMILES string of the molecule is Cc1ccc(C(OC[C@H]2O[C@@H](n3cnc4c(NC(=O)c5ccccc5)ncnc43)[C@@H](OP(OCCC#N)N(C(C)C)C(C)C)C2O[Si](C)(C)C(C)(C)C)(c2ccccc2)c2ccc(C)cc2)cc1.S=S=S. The monoisotopic (exact) mass is 1050 g/mol. The molecule has 376 valence electrons. The van der Waals surface area contributed by atoms with Crippen molar-refractivity contribution in [3.8, 4) is 6.07 Å². The second kappa shape index (κ2) is 24.9.